The number of hydrogen-bond donors (Lipinski definition) is 2. The van der Waals surface area contributed by atoms with E-state index in [2.05, 4.69) is 30.1 Å². The van der Waals surface area contributed by atoms with Crippen LogP contribution in [0.15, 0.2) is 30.5 Å². The largest absolute Gasteiger partial charge is 0.379 e. The van der Waals surface area contributed by atoms with Crippen molar-refractivity contribution in [1.29, 1.82) is 0 Å². The summed E-state index contributed by atoms with van der Waals surface area (Å²) >= 11 is 0. The van der Waals surface area contributed by atoms with Gasteiger partial charge in [-0.3, -0.25) is 4.90 Å². The van der Waals surface area contributed by atoms with Crippen LogP contribution in [0.4, 0.5) is 11.8 Å². The first-order valence-corrected chi connectivity index (χ1v) is 10.8. The third-order valence-electron chi connectivity index (χ3n) is 6.13. The Hall–Kier alpha value is -2.71. The van der Waals surface area contributed by atoms with Crippen LogP contribution in [0.2, 0.25) is 0 Å². The van der Waals surface area contributed by atoms with Crippen molar-refractivity contribution in [3.05, 3.63) is 41.9 Å². The molecular formula is C22H29N7O. The molecule has 0 amide bonds. The second kappa shape index (κ2) is 8.57. The van der Waals surface area contributed by atoms with E-state index in [0.29, 0.717) is 12.6 Å². The maximum atomic E-state index is 5.49. The summed E-state index contributed by atoms with van der Waals surface area (Å²) in [6.07, 6.45) is 4.22. The number of benzene rings is 1. The topological polar surface area (TPSA) is 82.2 Å². The first-order chi connectivity index (χ1) is 14.8. The summed E-state index contributed by atoms with van der Waals surface area (Å²) in [5.74, 6) is 2.59. The van der Waals surface area contributed by atoms with Gasteiger partial charge in [0, 0.05) is 44.0 Å². The zero-order chi connectivity index (χ0) is 20.3. The quantitative estimate of drug-likeness (QED) is 0.673. The van der Waals surface area contributed by atoms with Crippen LogP contribution >= 0.6 is 0 Å². The molecule has 30 heavy (non-hydrogen) atoms. The normalized spacial score (nSPS) is 18.8. The Morgan fingerprint density at radius 1 is 1.10 bits per heavy atom. The predicted molar refractivity (Wildman–Crippen MR) is 118 cm³/mol. The number of para-hydroxylation sites is 2. The van der Waals surface area contributed by atoms with E-state index in [0.717, 1.165) is 86.4 Å². The number of piperidine rings is 1. The highest BCUT2D eigenvalue weighted by Gasteiger charge is 2.27. The Morgan fingerprint density at radius 3 is 2.70 bits per heavy atom. The number of anilines is 2. The maximum absolute atomic E-state index is 5.49. The minimum absolute atomic E-state index is 0.602. The van der Waals surface area contributed by atoms with Crippen molar-refractivity contribution in [1.82, 2.24) is 24.8 Å². The molecular weight excluding hydrogens is 378 g/mol. The third kappa shape index (κ3) is 4.11. The van der Waals surface area contributed by atoms with E-state index in [-0.39, 0.29) is 0 Å². The van der Waals surface area contributed by atoms with Crippen LogP contribution in [0.5, 0.6) is 0 Å². The molecule has 5 rings (SSSR count). The second-order valence-corrected chi connectivity index (χ2v) is 8.12. The van der Waals surface area contributed by atoms with Gasteiger partial charge in [0.05, 0.1) is 30.8 Å². The molecule has 0 unspecified atom stereocenters. The van der Waals surface area contributed by atoms with Gasteiger partial charge in [-0.15, -0.1) is 0 Å². The van der Waals surface area contributed by atoms with Gasteiger partial charge in [-0.2, -0.15) is 4.98 Å². The van der Waals surface area contributed by atoms with E-state index in [1.165, 1.54) is 0 Å². The number of aromatic amines is 1. The summed E-state index contributed by atoms with van der Waals surface area (Å²) in [4.78, 5) is 22.3. The van der Waals surface area contributed by atoms with Crippen molar-refractivity contribution >= 4 is 22.8 Å². The van der Waals surface area contributed by atoms with Crippen LogP contribution in [-0.4, -0.2) is 70.3 Å². The average molecular weight is 408 g/mol. The molecule has 0 aliphatic carbocycles. The molecule has 2 N–H and O–H groups in total. The molecule has 2 fully saturated rings. The number of morpholine rings is 1. The summed E-state index contributed by atoms with van der Waals surface area (Å²) in [6, 6.07) is 8.73. The van der Waals surface area contributed by atoms with Crippen molar-refractivity contribution in [3.8, 4) is 0 Å². The lowest BCUT2D eigenvalue weighted by atomic mass is 10.0. The van der Waals surface area contributed by atoms with Crippen molar-refractivity contribution < 1.29 is 4.74 Å². The van der Waals surface area contributed by atoms with Crippen molar-refractivity contribution in [2.24, 2.45) is 0 Å². The van der Waals surface area contributed by atoms with Gasteiger partial charge in [0.1, 0.15) is 11.6 Å². The SMILES string of the molecule is Cc1cnc(N2CCC(N3CCOCC3)CC2)nc1NCc1nc2ccccc2[nH]1. The molecule has 0 saturated carbocycles. The molecule has 0 bridgehead atoms. The first kappa shape index (κ1) is 19.3. The third-order valence-corrected chi connectivity index (χ3v) is 6.13. The van der Waals surface area contributed by atoms with E-state index >= 15 is 0 Å². The minimum Gasteiger partial charge on any atom is -0.379 e. The summed E-state index contributed by atoms with van der Waals surface area (Å²) in [5.41, 5.74) is 3.08. The molecule has 2 aliphatic heterocycles. The number of hydrogen-bond acceptors (Lipinski definition) is 7. The molecule has 2 aliphatic rings. The van der Waals surface area contributed by atoms with Gasteiger partial charge < -0.3 is 19.9 Å². The maximum Gasteiger partial charge on any atom is 0.227 e. The van der Waals surface area contributed by atoms with Gasteiger partial charge in [-0.05, 0) is 31.9 Å². The number of fused-ring (bicyclic) bond motifs is 1. The van der Waals surface area contributed by atoms with E-state index < -0.39 is 0 Å². The number of nitrogens with zero attached hydrogens (tertiary/aromatic N) is 5. The second-order valence-electron chi connectivity index (χ2n) is 8.12. The molecule has 8 heteroatoms. The van der Waals surface area contributed by atoms with Crippen LogP contribution in [0, 0.1) is 6.92 Å². The summed E-state index contributed by atoms with van der Waals surface area (Å²) in [5, 5.41) is 3.44. The fourth-order valence-corrected chi connectivity index (χ4v) is 4.39. The van der Waals surface area contributed by atoms with Crippen LogP contribution < -0.4 is 10.2 Å². The highest BCUT2D eigenvalue weighted by atomic mass is 16.5. The van der Waals surface area contributed by atoms with E-state index in [4.69, 9.17) is 9.72 Å². The molecule has 1 aromatic carbocycles. The van der Waals surface area contributed by atoms with Gasteiger partial charge in [0.15, 0.2) is 0 Å². The van der Waals surface area contributed by atoms with Crippen LogP contribution in [0.25, 0.3) is 11.0 Å². The number of rotatable bonds is 5. The van der Waals surface area contributed by atoms with Gasteiger partial charge in [0.2, 0.25) is 5.95 Å². The Kier molecular flexibility index (Phi) is 5.50. The molecule has 0 radical (unpaired) electrons. The molecule has 0 atom stereocenters. The lowest BCUT2D eigenvalue weighted by molar-refractivity contribution is 0.0114. The van der Waals surface area contributed by atoms with E-state index in [9.17, 15) is 0 Å². The lowest BCUT2D eigenvalue weighted by Gasteiger charge is -2.40. The molecule has 2 saturated heterocycles. The molecule has 158 valence electrons. The lowest BCUT2D eigenvalue weighted by Crippen LogP contribution is -2.49. The number of aryl methyl sites for hydroxylation is 1. The molecule has 2 aromatic heterocycles. The fraction of sp³-hybridized carbons (Fsp3) is 0.500. The van der Waals surface area contributed by atoms with Crippen molar-refractivity contribution in [2.45, 2.75) is 32.4 Å². The zero-order valence-electron chi connectivity index (χ0n) is 17.5. The summed E-state index contributed by atoms with van der Waals surface area (Å²) < 4.78 is 5.49. The Morgan fingerprint density at radius 2 is 1.90 bits per heavy atom. The Bertz CT molecular complexity index is 957. The molecule has 8 nitrogen and oxygen atoms in total. The summed E-state index contributed by atoms with van der Waals surface area (Å²) in [6.45, 7) is 8.47. The molecule has 0 spiro atoms. The van der Waals surface area contributed by atoms with Gasteiger partial charge in [-0.1, -0.05) is 12.1 Å². The van der Waals surface area contributed by atoms with Gasteiger partial charge in [0.25, 0.3) is 0 Å². The van der Waals surface area contributed by atoms with Crippen LogP contribution in [0.3, 0.4) is 0 Å². The van der Waals surface area contributed by atoms with Crippen LogP contribution in [-0.2, 0) is 11.3 Å². The number of H-pyrrole nitrogens is 1. The monoisotopic (exact) mass is 407 g/mol. The number of ether oxygens (including phenoxy) is 1. The highest BCUT2D eigenvalue weighted by Crippen LogP contribution is 2.23. The average Bonchev–Trinajstić information content (AvgIpc) is 3.22. The minimum atomic E-state index is 0.602. The molecule has 3 aromatic rings. The standard InChI is InChI=1S/C22H29N7O/c1-16-14-24-22(29-8-6-17(7-9-29)28-10-12-30-13-11-28)27-21(16)23-15-20-25-18-4-2-3-5-19(18)26-20/h2-5,14,17H,6-13,15H2,1H3,(H,25,26)(H,23,24,27). The summed E-state index contributed by atoms with van der Waals surface area (Å²) in [7, 11) is 0. The molecule has 4 heterocycles. The van der Waals surface area contributed by atoms with Crippen molar-refractivity contribution in [3.63, 3.8) is 0 Å². The zero-order valence-corrected chi connectivity index (χ0v) is 17.5. The smallest absolute Gasteiger partial charge is 0.227 e. The van der Waals surface area contributed by atoms with E-state index in [1.807, 2.05) is 37.4 Å². The van der Waals surface area contributed by atoms with Crippen LogP contribution in [0.1, 0.15) is 24.2 Å². The number of nitrogens with one attached hydrogen (secondary N) is 2. The highest BCUT2D eigenvalue weighted by molar-refractivity contribution is 5.74. The van der Waals surface area contributed by atoms with Crippen molar-refractivity contribution in [2.75, 3.05) is 49.6 Å². The number of aromatic nitrogens is 4. The Balaban J connectivity index is 1.22. The number of imidazole rings is 1. The van der Waals surface area contributed by atoms with E-state index in [1.54, 1.807) is 0 Å². The predicted octanol–water partition coefficient (Wildman–Crippen LogP) is 2.57. The van der Waals surface area contributed by atoms with Gasteiger partial charge in [-0.25, -0.2) is 9.97 Å². The first-order valence-electron chi connectivity index (χ1n) is 10.8. The van der Waals surface area contributed by atoms with Gasteiger partial charge >= 0.3 is 0 Å². The fourth-order valence-electron chi connectivity index (χ4n) is 4.39. The Labute approximate surface area is 176 Å².